The summed E-state index contributed by atoms with van der Waals surface area (Å²) in [4.78, 5) is 0.952. The van der Waals surface area contributed by atoms with Gasteiger partial charge in [0.1, 0.15) is 6.07 Å². The first-order valence-corrected chi connectivity index (χ1v) is 5.93. The summed E-state index contributed by atoms with van der Waals surface area (Å²) in [6.45, 7) is 0. The van der Waals surface area contributed by atoms with Gasteiger partial charge in [0.2, 0.25) is 0 Å². The van der Waals surface area contributed by atoms with Crippen LogP contribution in [0.25, 0.3) is 10.1 Å². The van der Waals surface area contributed by atoms with E-state index in [1.54, 1.807) is 11.3 Å². The van der Waals surface area contributed by atoms with E-state index in [1.807, 2.05) is 17.5 Å². The molecule has 0 fully saturated rings. The summed E-state index contributed by atoms with van der Waals surface area (Å²) in [7, 11) is 0. The van der Waals surface area contributed by atoms with Crippen LogP contribution in [0.1, 0.15) is 5.56 Å². The highest BCUT2D eigenvalue weighted by Crippen LogP contribution is 2.31. The van der Waals surface area contributed by atoms with Crippen LogP contribution in [0, 0.1) is 14.9 Å². The van der Waals surface area contributed by atoms with Crippen molar-refractivity contribution in [2.45, 2.75) is 4.90 Å². The second-order valence-corrected chi connectivity index (χ2v) is 5.12. The molecule has 0 aliphatic rings. The van der Waals surface area contributed by atoms with Gasteiger partial charge in [-0.05, 0) is 34.7 Å². The first-order chi connectivity index (χ1) is 6.22. The molecule has 0 radical (unpaired) electrons. The zero-order chi connectivity index (χ0) is 9.42. The molecule has 13 heavy (non-hydrogen) atoms. The maximum Gasteiger partial charge on any atom is 0.100 e. The van der Waals surface area contributed by atoms with Crippen LogP contribution in [0.4, 0.5) is 0 Å². The van der Waals surface area contributed by atoms with Gasteiger partial charge in [-0.1, -0.05) is 0 Å². The summed E-state index contributed by atoms with van der Waals surface area (Å²) in [5, 5.41) is 11.9. The summed E-state index contributed by atoms with van der Waals surface area (Å²) in [6.07, 6.45) is 0. The molecule has 0 spiro atoms. The van der Waals surface area contributed by atoms with Crippen molar-refractivity contribution in [2.75, 3.05) is 0 Å². The van der Waals surface area contributed by atoms with Gasteiger partial charge in [-0.15, -0.1) is 24.0 Å². The lowest BCUT2D eigenvalue weighted by molar-refractivity contribution is 1.48. The van der Waals surface area contributed by atoms with Gasteiger partial charge in [-0.2, -0.15) is 5.26 Å². The highest BCUT2D eigenvalue weighted by atomic mass is 127. The Hall–Kier alpha value is -0.250. The van der Waals surface area contributed by atoms with Gasteiger partial charge in [-0.3, -0.25) is 0 Å². The molecule has 64 valence electrons. The summed E-state index contributed by atoms with van der Waals surface area (Å²) < 4.78 is 2.19. The molecule has 1 heterocycles. The number of hydrogen-bond acceptors (Lipinski definition) is 3. The number of thiol groups is 1. The summed E-state index contributed by atoms with van der Waals surface area (Å²) in [5.41, 5.74) is 0.724. The van der Waals surface area contributed by atoms with Gasteiger partial charge in [0.25, 0.3) is 0 Å². The van der Waals surface area contributed by atoms with Gasteiger partial charge in [0, 0.05) is 23.9 Å². The molecule has 0 N–H and O–H groups in total. The Morgan fingerprint density at radius 3 is 2.92 bits per heavy atom. The Balaban J connectivity index is 2.86. The van der Waals surface area contributed by atoms with Crippen LogP contribution in [-0.2, 0) is 0 Å². The van der Waals surface area contributed by atoms with E-state index in [-0.39, 0.29) is 0 Å². The van der Waals surface area contributed by atoms with Crippen LogP contribution >= 0.6 is 46.6 Å². The van der Waals surface area contributed by atoms with Crippen molar-refractivity contribution < 1.29 is 0 Å². The largest absolute Gasteiger partial charge is 0.192 e. The average Bonchev–Trinajstić information content (AvgIpc) is 2.46. The van der Waals surface area contributed by atoms with E-state index in [1.165, 1.54) is 4.70 Å². The number of nitriles is 1. The number of thiophene rings is 1. The Labute approximate surface area is 98.9 Å². The number of nitrogens with zero attached hydrogens (tertiary/aromatic N) is 1. The molecule has 0 bridgehead atoms. The van der Waals surface area contributed by atoms with Gasteiger partial charge < -0.3 is 0 Å². The minimum absolute atomic E-state index is 0.724. The Bertz CT molecular complexity index is 510. The molecule has 0 atom stereocenters. The molecule has 0 aliphatic heterocycles. The lowest BCUT2D eigenvalue weighted by atomic mass is 10.2. The van der Waals surface area contributed by atoms with Crippen molar-refractivity contribution in [1.29, 1.82) is 5.26 Å². The van der Waals surface area contributed by atoms with Crippen molar-refractivity contribution in [3.8, 4) is 6.07 Å². The predicted octanol–water partition coefficient (Wildman–Crippen LogP) is 3.67. The van der Waals surface area contributed by atoms with Crippen molar-refractivity contribution in [3.63, 3.8) is 0 Å². The van der Waals surface area contributed by atoms with Crippen LogP contribution in [0.2, 0.25) is 0 Å². The van der Waals surface area contributed by atoms with Gasteiger partial charge >= 0.3 is 0 Å². The maximum absolute atomic E-state index is 8.83. The van der Waals surface area contributed by atoms with Gasteiger partial charge in [-0.25, -0.2) is 0 Å². The first kappa shape index (κ1) is 9.31. The van der Waals surface area contributed by atoms with Crippen LogP contribution < -0.4 is 0 Å². The molecule has 0 aliphatic carbocycles. The minimum Gasteiger partial charge on any atom is -0.192 e. The summed E-state index contributed by atoms with van der Waals surface area (Å²) in [5.74, 6) is 0. The van der Waals surface area contributed by atoms with Crippen molar-refractivity contribution in [3.05, 3.63) is 26.6 Å². The third-order valence-electron chi connectivity index (χ3n) is 1.76. The lowest BCUT2D eigenvalue weighted by Crippen LogP contribution is -1.79. The summed E-state index contributed by atoms with van der Waals surface area (Å²) >= 11 is 8.15. The molecule has 4 heteroatoms. The fourth-order valence-corrected chi connectivity index (χ4v) is 3.19. The number of hydrogen-bond donors (Lipinski definition) is 1. The molecule has 0 unspecified atom stereocenters. The van der Waals surface area contributed by atoms with E-state index in [9.17, 15) is 0 Å². The van der Waals surface area contributed by atoms with Crippen LogP contribution in [0.3, 0.4) is 0 Å². The van der Waals surface area contributed by atoms with Crippen LogP contribution in [0.5, 0.6) is 0 Å². The number of rotatable bonds is 0. The van der Waals surface area contributed by atoms with E-state index >= 15 is 0 Å². The molecule has 2 rings (SSSR count). The molecule has 1 nitrogen and oxygen atoms in total. The highest BCUT2D eigenvalue weighted by Gasteiger charge is 2.05. The third-order valence-corrected chi connectivity index (χ3v) is 4.15. The van der Waals surface area contributed by atoms with E-state index in [2.05, 4.69) is 41.3 Å². The Morgan fingerprint density at radius 1 is 1.46 bits per heavy atom. The monoisotopic (exact) mass is 317 g/mol. The fourth-order valence-electron chi connectivity index (χ4n) is 1.12. The zero-order valence-corrected chi connectivity index (χ0v) is 10.3. The second kappa shape index (κ2) is 3.48. The SMILES string of the molecule is N#Cc1cc2c(S)csc2cc1I. The van der Waals surface area contributed by atoms with Crippen molar-refractivity contribution >= 4 is 56.6 Å². The minimum atomic E-state index is 0.724. The topological polar surface area (TPSA) is 23.8 Å². The van der Waals surface area contributed by atoms with Crippen molar-refractivity contribution in [1.82, 2.24) is 0 Å². The van der Waals surface area contributed by atoms with Crippen LogP contribution in [-0.4, -0.2) is 0 Å². The molecule has 0 amide bonds. The van der Waals surface area contributed by atoms with Crippen LogP contribution in [0.15, 0.2) is 22.4 Å². The van der Waals surface area contributed by atoms with Crippen molar-refractivity contribution in [2.24, 2.45) is 0 Å². The standard InChI is InChI=1S/C9H4INS2/c10-7-2-9-6(1-5(7)3-11)8(12)4-13-9/h1-2,4,12H. The average molecular weight is 317 g/mol. The zero-order valence-electron chi connectivity index (χ0n) is 6.41. The van der Waals surface area contributed by atoms with E-state index in [4.69, 9.17) is 5.26 Å². The highest BCUT2D eigenvalue weighted by molar-refractivity contribution is 14.1. The number of benzene rings is 1. The smallest absolute Gasteiger partial charge is 0.100 e. The third kappa shape index (κ3) is 1.56. The van der Waals surface area contributed by atoms with E-state index in [0.29, 0.717) is 0 Å². The van der Waals surface area contributed by atoms with Gasteiger partial charge in [0.15, 0.2) is 0 Å². The molecular weight excluding hydrogens is 313 g/mol. The fraction of sp³-hybridized carbons (Fsp3) is 0. The molecule has 2 aromatic rings. The maximum atomic E-state index is 8.83. The number of fused-ring (bicyclic) bond motifs is 1. The Kier molecular flexibility index (Phi) is 2.49. The van der Waals surface area contributed by atoms with E-state index < -0.39 is 0 Å². The predicted molar refractivity (Wildman–Crippen MR) is 66.5 cm³/mol. The quantitative estimate of drug-likeness (QED) is 0.582. The Morgan fingerprint density at radius 2 is 2.23 bits per heavy atom. The van der Waals surface area contributed by atoms with E-state index in [0.717, 1.165) is 19.4 Å². The van der Waals surface area contributed by atoms with Gasteiger partial charge in [0.05, 0.1) is 5.56 Å². The first-order valence-electron chi connectivity index (χ1n) is 3.52. The molecule has 1 aromatic heterocycles. The molecular formula is C9H4INS2. The second-order valence-electron chi connectivity index (χ2n) is 2.56. The molecule has 1 aromatic carbocycles. The molecule has 0 saturated heterocycles. The summed E-state index contributed by atoms with van der Waals surface area (Å²) in [6, 6.07) is 6.09. The normalized spacial score (nSPS) is 10.2. The molecule has 0 saturated carbocycles. The lowest BCUT2D eigenvalue weighted by Gasteiger charge is -1.95. The number of halogens is 1.